The molecule has 1 atom stereocenters. The Labute approximate surface area is 225 Å². The monoisotopic (exact) mass is 508 g/mol. The van der Waals surface area contributed by atoms with Crippen molar-refractivity contribution < 1.29 is 14.3 Å². The molecule has 0 aliphatic rings. The number of ether oxygens (including phenoxy) is 1. The van der Waals surface area contributed by atoms with Crippen molar-refractivity contribution in [2.45, 2.75) is 39.8 Å². The Morgan fingerprint density at radius 3 is 2.29 bits per heavy atom. The number of carbonyl (C=O) groups excluding carboxylic acids is 2. The van der Waals surface area contributed by atoms with Crippen molar-refractivity contribution in [1.82, 2.24) is 10.2 Å². The lowest BCUT2D eigenvalue weighted by Gasteiger charge is -2.32. The highest BCUT2D eigenvalue weighted by molar-refractivity contribution is 5.90. The van der Waals surface area contributed by atoms with Crippen molar-refractivity contribution in [3.63, 3.8) is 0 Å². The summed E-state index contributed by atoms with van der Waals surface area (Å²) in [6.07, 6.45) is 0.413. The first-order valence-electron chi connectivity index (χ1n) is 13.2. The fourth-order valence-corrected chi connectivity index (χ4v) is 4.49. The van der Waals surface area contributed by atoms with Crippen LogP contribution in [0.25, 0.3) is 10.8 Å². The van der Waals surface area contributed by atoms with Crippen LogP contribution in [0.1, 0.15) is 30.5 Å². The summed E-state index contributed by atoms with van der Waals surface area (Å²) < 4.78 is 6.09. The molecule has 196 valence electrons. The molecule has 0 radical (unpaired) electrons. The van der Waals surface area contributed by atoms with Gasteiger partial charge in [-0.2, -0.15) is 0 Å². The van der Waals surface area contributed by atoms with E-state index in [0.717, 1.165) is 27.5 Å². The average molecular weight is 509 g/mol. The summed E-state index contributed by atoms with van der Waals surface area (Å²) in [6.45, 7) is 6.83. The fraction of sp³-hybridized carbons (Fsp3) is 0.273. The minimum absolute atomic E-state index is 0.158. The molecular formula is C33H36N2O3. The summed E-state index contributed by atoms with van der Waals surface area (Å²) in [7, 11) is 0. The van der Waals surface area contributed by atoms with Gasteiger partial charge in [-0.25, -0.2) is 0 Å². The molecule has 38 heavy (non-hydrogen) atoms. The zero-order chi connectivity index (χ0) is 26.9. The summed E-state index contributed by atoms with van der Waals surface area (Å²) in [5.41, 5.74) is 3.07. The van der Waals surface area contributed by atoms with Crippen LogP contribution in [0.3, 0.4) is 0 Å². The first-order chi connectivity index (χ1) is 18.4. The normalized spacial score (nSPS) is 11.8. The largest absolute Gasteiger partial charge is 0.483 e. The van der Waals surface area contributed by atoms with Crippen LogP contribution in [0.15, 0.2) is 97.1 Å². The molecule has 0 aliphatic heterocycles. The Morgan fingerprint density at radius 1 is 0.842 bits per heavy atom. The van der Waals surface area contributed by atoms with Crippen LogP contribution in [0.4, 0.5) is 0 Å². The van der Waals surface area contributed by atoms with Gasteiger partial charge in [-0.05, 0) is 41.0 Å². The van der Waals surface area contributed by atoms with E-state index in [9.17, 15) is 9.59 Å². The summed E-state index contributed by atoms with van der Waals surface area (Å²) >= 11 is 0. The predicted molar refractivity (Wildman–Crippen MR) is 153 cm³/mol. The highest BCUT2D eigenvalue weighted by Crippen LogP contribution is 2.25. The van der Waals surface area contributed by atoms with Crippen LogP contribution in [-0.4, -0.2) is 35.9 Å². The lowest BCUT2D eigenvalue weighted by Crippen LogP contribution is -2.52. The van der Waals surface area contributed by atoms with Gasteiger partial charge >= 0.3 is 0 Å². The average Bonchev–Trinajstić information content (AvgIpc) is 2.93. The van der Waals surface area contributed by atoms with Gasteiger partial charge in [0.1, 0.15) is 11.8 Å². The second-order valence-electron chi connectivity index (χ2n) is 10.1. The molecule has 1 unspecified atom stereocenters. The standard InChI is InChI=1S/C33H36N2O3/c1-24(2)21-34-33(37)30(20-26-13-5-4-6-14-26)35(22-28-16-8-7-12-25(28)3)32(36)23-38-31-19-11-17-27-15-9-10-18-29(27)31/h4-19,24,30H,20-23H2,1-3H3,(H,34,37). The number of rotatable bonds is 11. The van der Waals surface area contributed by atoms with Crippen molar-refractivity contribution in [1.29, 1.82) is 0 Å². The molecule has 0 saturated carbocycles. The van der Waals surface area contributed by atoms with Crippen molar-refractivity contribution in [2.75, 3.05) is 13.2 Å². The molecule has 4 aromatic rings. The van der Waals surface area contributed by atoms with E-state index in [4.69, 9.17) is 4.74 Å². The Hall–Kier alpha value is -4.12. The third kappa shape index (κ3) is 7.00. The van der Waals surface area contributed by atoms with E-state index in [0.29, 0.717) is 31.2 Å². The highest BCUT2D eigenvalue weighted by Gasteiger charge is 2.31. The van der Waals surface area contributed by atoms with Gasteiger partial charge in [-0.1, -0.05) is 105 Å². The molecule has 0 fully saturated rings. The van der Waals surface area contributed by atoms with Gasteiger partial charge < -0.3 is 15.0 Å². The Balaban J connectivity index is 1.64. The molecule has 1 N–H and O–H groups in total. The van der Waals surface area contributed by atoms with Gasteiger partial charge in [-0.15, -0.1) is 0 Å². The quantitative estimate of drug-likeness (QED) is 0.273. The molecule has 0 heterocycles. The number of nitrogens with zero attached hydrogens (tertiary/aromatic N) is 1. The Kier molecular flexibility index (Phi) is 9.15. The van der Waals surface area contributed by atoms with E-state index in [1.54, 1.807) is 4.90 Å². The third-order valence-electron chi connectivity index (χ3n) is 6.66. The second kappa shape index (κ2) is 12.9. The molecule has 4 aromatic carbocycles. The van der Waals surface area contributed by atoms with E-state index in [-0.39, 0.29) is 18.4 Å². The van der Waals surface area contributed by atoms with Crippen LogP contribution in [0.2, 0.25) is 0 Å². The number of benzene rings is 4. The maximum Gasteiger partial charge on any atom is 0.261 e. The fourth-order valence-electron chi connectivity index (χ4n) is 4.49. The van der Waals surface area contributed by atoms with E-state index in [1.807, 2.05) is 104 Å². The number of aryl methyl sites for hydroxylation is 1. The molecule has 0 bridgehead atoms. The molecule has 0 saturated heterocycles. The van der Waals surface area contributed by atoms with Crippen LogP contribution < -0.4 is 10.1 Å². The summed E-state index contributed by atoms with van der Waals surface area (Å²) in [4.78, 5) is 29.1. The lowest BCUT2D eigenvalue weighted by molar-refractivity contribution is -0.142. The summed E-state index contributed by atoms with van der Waals surface area (Å²) in [5.74, 6) is 0.555. The molecule has 0 aromatic heterocycles. The molecule has 2 amide bonds. The number of hydrogen-bond donors (Lipinski definition) is 1. The Bertz CT molecular complexity index is 1360. The minimum atomic E-state index is -0.681. The SMILES string of the molecule is Cc1ccccc1CN(C(=O)COc1cccc2ccccc12)C(Cc1ccccc1)C(=O)NCC(C)C. The van der Waals surface area contributed by atoms with Gasteiger partial charge in [0.25, 0.3) is 5.91 Å². The summed E-state index contributed by atoms with van der Waals surface area (Å²) in [6, 6.07) is 30.9. The van der Waals surface area contributed by atoms with Crippen LogP contribution >= 0.6 is 0 Å². The smallest absolute Gasteiger partial charge is 0.261 e. The Morgan fingerprint density at radius 2 is 1.53 bits per heavy atom. The van der Waals surface area contributed by atoms with E-state index in [2.05, 4.69) is 19.2 Å². The molecule has 5 heteroatoms. The van der Waals surface area contributed by atoms with E-state index >= 15 is 0 Å². The number of amides is 2. The van der Waals surface area contributed by atoms with E-state index in [1.165, 1.54) is 0 Å². The third-order valence-corrected chi connectivity index (χ3v) is 6.66. The topological polar surface area (TPSA) is 58.6 Å². The minimum Gasteiger partial charge on any atom is -0.483 e. The van der Waals surface area contributed by atoms with E-state index < -0.39 is 6.04 Å². The summed E-state index contributed by atoms with van der Waals surface area (Å²) in [5, 5.41) is 5.06. The van der Waals surface area contributed by atoms with Crippen LogP contribution in [-0.2, 0) is 22.6 Å². The predicted octanol–water partition coefficient (Wildman–Crippen LogP) is 5.94. The van der Waals surface area contributed by atoms with Gasteiger partial charge in [0.05, 0.1) is 0 Å². The zero-order valence-electron chi connectivity index (χ0n) is 22.4. The first kappa shape index (κ1) is 26.9. The molecule has 5 nitrogen and oxygen atoms in total. The van der Waals surface area contributed by atoms with Crippen molar-refractivity contribution in [3.8, 4) is 5.75 Å². The second-order valence-corrected chi connectivity index (χ2v) is 10.1. The van der Waals surface area contributed by atoms with Gasteiger partial charge in [0.2, 0.25) is 5.91 Å². The maximum absolute atomic E-state index is 13.9. The van der Waals surface area contributed by atoms with Gasteiger partial charge in [0, 0.05) is 24.9 Å². The van der Waals surface area contributed by atoms with Crippen molar-refractivity contribution >= 4 is 22.6 Å². The zero-order valence-corrected chi connectivity index (χ0v) is 22.4. The lowest BCUT2D eigenvalue weighted by atomic mass is 10.0. The highest BCUT2D eigenvalue weighted by atomic mass is 16.5. The van der Waals surface area contributed by atoms with Crippen molar-refractivity contribution in [2.24, 2.45) is 5.92 Å². The van der Waals surface area contributed by atoms with Gasteiger partial charge in [0.15, 0.2) is 6.61 Å². The number of hydrogen-bond acceptors (Lipinski definition) is 3. The number of fused-ring (bicyclic) bond motifs is 1. The molecule has 0 spiro atoms. The first-order valence-corrected chi connectivity index (χ1v) is 13.2. The number of carbonyl (C=O) groups is 2. The molecule has 4 rings (SSSR count). The number of nitrogens with one attached hydrogen (secondary N) is 1. The van der Waals surface area contributed by atoms with Crippen molar-refractivity contribution in [3.05, 3.63) is 114 Å². The maximum atomic E-state index is 13.9. The molecular weight excluding hydrogens is 472 g/mol. The van der Waals surface area contributed by atoms with Gasteiger partial charge in [-0.3, -0.25) is 9.59 Å². The van der Waals surface area contributed by atoms with Crippen LogP contribution in [0, 0.1) is 12.8 Å². The molecule has 0 aliphatic carbocycles. The van der Waals surface area contributed by atoms with Crippen LogP contribution in [0.5, 0.6) is 5.75 Å².